The number of carbonyl (C=O) groups is 1. The van der Waals surface area contributed by atoms with E-state index in [0.29, 0.717) is 54.1 Å². The predicted octanol–water partition coefficient (Wildman–Crippen LogP) is 11.0. The molecule has 6 rings (SSSR count). The van der Waals surface area contributed by atoms with Crippen molar-refractivity contribution in [2.45, 2.75) is 29.6 Å². The normalized spacial score (nSPS) is 13.5. The lowest BCUT2D eigenvalue weighted by Gasteiger charge is -2.44. The minimum absolute atomic E-state index is 0.0114. The van der Waals surface area contributed by atoms with E-state index in [1.54, 1.807) is 30.5 Å². The third-order valence-corrected chi connectivity index (χ3v) is 12.4. The average molecular weight is 929 g/mol. The minimum Gasteiger partial charge on any atom is -0.289 e. The molecule has 2 nitrogen and oxygen atoms in total. The van der Waals surface area contributed by atoms with E-state index in [1.165, 1.54) is 0 Å². The molecule has 0 aliphatic rings. The van der Waals surface area contributed by atoms with E-state index in [0.717, 1.165) is 57.9 Å². The molecule has 6 aromatic rings. The van der Waals surface area contributed by atoms with E-state index in [-0.39, 0.29) is 33.4 Å². The van der Waals surface area contributed by atoms with Crippen LogP contribution in [0.5, 0.6) is 0 Å². The van der Waals surface area contributed by atoms with Gasteiger partial charge in [0.25, 0.3) is 0 Å². The Labute approximate surface area is 345 Å². The van der Waals surface area contributed by atoms with Crippen molar-refractivity contribution in [3.05, 3.63) is 184 Å². The van der Waals surface area contributed by atoms with Crippen molar-refractivity contribution in [1.29, 1.82) is 0 Å². The third-order valence-electron chi connectivity index (χ3n) is 9.77. The molecule has 0 aromatic heterocycles. The van der Waals surface area contributed by atoms with Crippen molar-refractivity contribution in [3.8, 4) is 0 Å². The number of ketones is 1. The maximum absolute atomic E-state index is 13.3. The molecule has 0 aliphatic carbocycles. The molecule has 0 spiro atoms. The fourth-order valence-corrected chi connectivity index (χ4v) is 8.59. The number of hydrogen-bond donors (Lipinski definition) is 0. The van der Waals surface area contributed by atoms with Crippen LogP contribution in [0.15, 0.2) is 161 Å². The first-order valence-electron chi connectivity index (χ1n) is 17.5. The first-order chi connectivity index (χ1) is 27.8. The number of halogens is 13. The maximum atomic E-state index is 13.3. The molecular weight excluding hydrogens is 899 g/mol. The topological polar surface area (TPSA) is 34.1 Å². The Balaban J connectivity index is 0.000000299. The highest BCUT2D eigenvalue weighted by Gasteiger charge is 2.38. The number of alkyl halides is 12. The largest absolute Gasteiger partial charge is 0.416 e. The van der Waals surface area contributed by atoms with Gasteiger partial charge in [-0.2, -0.15) is 74.5 Å². The van der Waals surface area contributed by atoms with Gasteiger partial charge in [-0.15, -0.1) is 0 Å². The van der Waals surface area contributed by atoms with E-state index >= 15 is 0 Å². The second kappa shape index (κ2) is 17.4. The Kier molecular flexibility index (Phi) is 13.4. The Morgan fingerprint density at radius 3 is 1.02 bits per heavy atom. The van der Waals surface area contributed by atoms with Crippen LogP contribution in [-0.2, 0) is 38.8 Å². The number of carbonyl (C=O) groups excluding carboxylic acids is 1. The van der Waals surface area contributed by atoms with Gasteiger partial charge in [0.1, 0.15) is 22.3 Å². The third kappa shape index (κ3) is 10.6. The molecule has 0 saturated carbocycles. The van der Waals surface area contributed by atoms with Crippen LogP contribution in [0.3, 0.4) is 0 Å². The highest BCUT2D eigenvalue weighted by Crippen LogP contribution is 2.32. The fraction of sp³-hybridized carbons (Fsp3) is 0.140. The number of Topliss-reactive ketones (excluding diaryl/α,β-unsaturated/α-hetero) is 1. The zero-order valence-electron chi connectivity index (χ0n) is 30.9. The molecule has 1 unspecified atom stereocenters. The summed E-state index contributed by atoms with van der Waals surface area (Å²) in [6.07, 6.45) is -20.4. The van der Waals surface area contributed by atoms with Gasteiger partial charge in [-0.3, -0.25) is 4.79 Å². The lowest BCUT2D eigenvalue weighted by Crippen LogP contribution is -2.74. The molecule has 314 valence electrons. The lowest BCUT2D eigenvalue weighted by atomic mass is 9.13. The minimum atomic E-state index is -4.77. The molecule has 0 radical (unpaired) electrons. The molecule has 0 bridgehead atoms. The molecule has 1 atom stereocenters. The van der Waals surface area contributed by atoms with Crippen LogP contribution < -0.4 is 21.9 Å². The van der Waals surface area contributed by atoms with Gasteiger partial charge in [-0.25, -0.2) is 0 Å². The van der Waals surface area contributed by atoms with Gasteiger partial charge in [0, 0.05) is 10.0 Å². The molecule has 0 heterocycles. The van der Waals surface area contributed by atoms with Crippen molar-refractivity contribution in [2.24, 2.45) is 0 Å². The van der Waals surface area contributed by atoms with Crippen LogP contribution in [0.1, 0.15) is 32.6 Å². The van der Waals surface area contributed by atoms with Crippen molar-refractivity contribution in [2.75, 3.05) is 12.0 Å². The van der Waals surface area contributed by atoms with Gasteiger partial charge in [-0.1, -0.05) is 148 Å². The predicted molar refractivity (Wildman–Crippen MR) is 212 cm³/mol. The Morgan fingerprint density at radius 2 is 0.750 bits per heavy atom. The maximum Gasteiger partial charge on any atom is 0.416 e. The summed E-state index contributed by atoms with van der Waals surface area (Å²) in [5.74, 6) is -0.0533. The Hall–Kier alpha value is -5.16. The van der Waals surface area contributed by atoms with Gasteiger partial charge in [0.05, 0.1) is 22.3 Å². The van der Waals surface area contributed by atoms with Crippen LogP contribution in [0.2, 0.25) is 0 Å². The molecule has 0 fully saturated rings. The highest BCUT2D eigenvalue weighted by molar-refractivity contribution is 9.10. The average Bonchev–Trinajstić information content (AvgIpc) is 3.18. The second-order valence-corrected chi connectivity index (χ2v) is 17.4. The molecule has 0 aliphatic heterocycles. The standard InChI is InChI=1S/C28H16BF12.C15H14BrO2S/c30-25(31,32)17-1-9-21(10-2-17)29(22-11-3-18(4-12-22)26(33,34)35,23-13-5-19(6-14-23)27(36,37)38)24-15-7-20(8-16-24)28(39,40)41;1-19(18,14-5-3-2-4-6-14)11-15(17)12-7-9-13(16)10-8-12/h1-16H;2-10H,11H2,1H3/q-1;+1. The number of benzene rings is 6. The summed E-state index contributed by atoms with van der Waals surface area (Å²) in [6.45, 7) is 0. The summed E-state index contributed by atoms with van der Waals surface area (Å²) >= 11 is 3.32. The quantitative estimate of drug-likeness (QED) is 0.0660. The first-order valence-corrected chi connectivity index (χ1v) is 20.4. The summed E-state index contributed by atoms with van der Waals surface area (Å²) in [4.78, 5) is 12.9. The molecule has 0 amide bonds. The van der Waals surface area contributed by atoms with E-state index in [9.17, 15) is 61.7 Å². The highest BCUT2D eigenvalue weighted by atomic mass is 79.9. The van der Waals surface area contributed by atoms with Crippen molar-refractivity contribution in [3.63, 3.8) is 0 Å². The van der Waals surface area contributed by atoms with Crippen LogP contribution >= 0.6 is 15.9 Å². The fourth-order valence-electron chi connectivity index (χ4n) is 6.76. The van der Waals surface area contributed by atoms with E-state index < -0.39 is 63.0 Å². The SMILES string of the molecule is C[S+](=O)(CC(=O)c1ccc(Br)cc1)c1ccccc1.FC(F)(F)c1ccc([B-](c2ccc(C(F)(F)F)cc2)(c2ccc(C(F)(F)F)cc2)c2ccc(C(F)(F)F)cc2)cc1. The molecule has 0 N–H and O–H groups in total. The summed E-state index contributed by atoms with van der Waals surface area (Å²) in [6, 6.07) is 29.8. The van der Waals surface area contributed by atoms with Gasteiger partial charge in [0.15, 0.2) is 10.6 Å². The van der Waals surface area contributed by atoms with Crippen LogP contribution in [0.4, 0.5) is 52.7 Å². The van der Waals surface area contributed by atoms with Crippen molar-refractivity contribution < 1.29 is 61.7 Å². The van der Waals surface area contributed by atoms with Crippen molar-refractivity contribution in [1.82, 2.24) is 0 Å². The zero-order valence-corrected chi connectivity index (χ0v) is 33.3. The molecule has 6 aromatic carbocycles. The molecule has 60 heavy (non-hydrogen) atoms. The number of hydrogen-bond acceptors (Lipinski definition) is 2. The first kappa shape index (κ1) is 45.9. The molecule has 17 heteroatoms. The summed E-state index contributed by atoms with van der Waals surface area (Å²) in [5.41, 5.74) is -3.70. The second-order valence-electron chi connectivity index (χ2n) is 13.7. The van der Waals surface area contributed by atoms with Crippen LogP contribution in [-0.4, -0.2) is 23.9 Å². The van der Waals surface area contributed by atoms with Crippen LogP contribution in [0, 0.1) is 0 Å². The van der Waals surface area contributed by atoms with E-state index in [1.807, 2.05) is 30.3 Å². The Bertz CT molecular complexity index is 2190. The van der Waals surface area contributed by atoms with E-state index in [4.69, 9.17) is 0 Å². The van der Waals surface area contributed by atoms with Gasteiger partial charge >= 0.3 is 24.7 Å². The van der Waals surface area contributed by atoms with E-state index in [2.05, 4.69) is 15.9 Å². The van der Waals surface area contributed by atoms with Crippen LogP contribution in [0.25, 0.3) is 0 Å². The Morgan fingerprint density at radius 1 is 0.467 bits per heavy atom. The molecular formula is C43H30BBrF12O2S. The van der Waals surface area contributed by atoms with Crippen molar-refractivity contribution >= 4 is 59.6 Å². The smallest absolute Gasteiger partial charge is 0.289 e. The summed E-state index contributed by atoms with van der Waals surface area (Å²) in [7, 11) is -2.33. The molecule has 0 saturated heterocycles. The van der Waals surface area contributed by atoms with Gasteiger partial charge in [0.2, 0.25) is 5.78 Å². The monoisotopic (exact) mass is 928 g/mol. The summed E-state index contributed by atoms with van der Waals surface area (Å²) in [5, 5.41) is 0. The van der Waals surface area contributed by atoms with Gasteiger partial charge < -0.3 is 0 Å². The van der Waals surface area contributed by atoms with Gasteiger partial charge in [-0.05, 0) is 24.3 Å². The zero-order chi connectivity index (χ0) is 44.3. The lowest BCUT2D eigenvalue weighted by molar-refractivity contribution is -0.138. The number of rotatable bonds is 8. The summed E-state index contributed by atoms with van der Waals surface area (Å²) < 4.78 is 174.